The SMILES string of the molecule is CCCNCCC(C)Cc1cccc(Cl)c1F. The third-order valence-electron chi connectivity index (χ3n) is 2.84. The van der Waals surface area contributed by atoms with Gasteiger partial charge in [0.05, 0.1) is 5.02 Å². The second kappa shape index (κ2) is 7.67. The summed E-state index contributed by atoms with van der Waals surface area (Å²) in [7, 11) is 0. The lowest BCUT2D eigenvalue weighted by Crippen LogP contribution is -2.18. The van der Waals surface area contributed by atoms with Crippen molar-refractivity contribution in [2.75, 3.05) is 13.1 Å². The average molecular weight is 258 g/mol. The molecule has 0 aliphatic carbocycles. The van der Waals surface area contributed by atoms with Gasteiger partial charge in [-0.15, -0.1) is 0 Å². The minimum absolute atomic E-state index is 0.221. The van der Waals surface area contributed by atoms with Crippen LogP contribution in [-0.2, 0) is 6.42 Å². The zero-order valence-corrected chi connectivity index (χ0v) is 11.4. The van der Waals surface area contributed by atoms with Crippen molar-refractivity contribution < 1.29 is 4.39 Å². The van der Waals surface area contributed by atoms with Crippen LogP contribution in [0, 0.1) is 11.7 Å². The van der Waals surface area contributed by atoms with Crippen molar-refractivity contribution in [2.45, 2.75) is 33.1 Å². The molecular weight excluding hydrogens is 237 g/mol. The van der Waals surface area contributed by atoms with Gasteiger partial charge >= 0.3 is 0 Å². The van der Waals surface area contributed by atoms with Crippen LogP contribution >= 0.6 is 11.6 Å². The van der Waals surface area contributed by atoms with Gasteiger partial charge in [-0.05, 0) is 49.9 Å². The van der Waals surface area contributed by atoms with E-state index in [9.17, 15) is 4.39 Å². The Labute approximate surface area is 108 Å². The lowest BCUT2D eigenvalue weighted by Gasteiger charge is -2.12. The van der Waals surface area contributed by atoms with Gasteiger partial charge in [0.2, 0.25) is 0 Å². The van der Waals surface area contributed by atoms with Gasteiger partial charge in [0, 0.05) is 0 Å². The molecule has 0 saturated carbocycles. The van der Waals surface area contributed by atoms with Crippen molar-refractivity contribution in [2.24, 2.45) is 5.92 Å². The van der Waals surface area contributed by atoms with Crippen LogP contribution in [0.2, 0.25) is 5.02 Å². The summed E-state index contributed by atoms with van der Waals surface area (Å²) in [5.74, 6) is 0.204. The fraction of sp³-hybridized carbons (Fsp3) is 0.571. The second-order valence-electron chi connectivity index (χ2n) is 4.56. The Kier molecular flexibility index (Phi) is 6.53. The molecule has 1 nitrogen and oxygen atoms in total. The Hall–Kier alpha value is -0.600. The molecule has 0 saturated heterocycles. The van der Waals surface area contributed by atoms with Crippen LogP contribution in [0.3, 0.4) is 0 Å². The highest BCUT2D eigenvalue weighted by atomic mass is 35.5. The van der Waals surface area contributed by atoms with Crippen molar-refractivity contribution in [3.63, 3.8) is 0 Å². The van der Waals surface area contributed by atoms with Gasteiger partial charge in [0.25, 0.3) is 0 Å². The van der Waals surface area contributed by atoms with Crippen LogP contribution in [0.5, 0.6) is 0 Å². The predicted molar refractivity (Wildman–Crippen MR) is 72.1 cm³/mol. The Morgan fingerprint density at radius 1 is 1.35 bits per heavy atom. The van der Waals surface area contributed by atoms with Gasteiger partial charge in [-0.1, -0.05) is 37.6 Å². The smallest absolute Gasteiger partial charge is 0.144 e. The van der Waals surface area contributed by atoms with Gasteiger partial charge in [-0.25, -0.2) is 4.39 Å². The molecule has 3 heteroatoms. The number of nitrogens with one attached hydrogen (secondary N) is 1. The number of rotatable bonds is 7. The Bertz CT molecular complexity index is 341. The summed E-state index contributed by atoms with van der Waals surface area (Å²) in [5.41, 5.74) is 0.723. The lowest BCUT2D eigenvalue weighted by atomic mass is 9.98. The van der Waals surface area contributed by atoms with E-state index in [1.165, 1.54) is 0 Å². The van der Waals surface area contributed by atoms with Crippen molar-refractivity contribution >= 4 is 11.6 Å². The van der Waals surface area contributed by atoms with Crippen LogP contribution in [0.4, 0.5) is 4.39 Å². The third-order valence-corrected chi connectivity index (χ3v) is 3.13. The molecule has 1 N–H and O–H groups in total. The summed E-state index contributed by atoms with van der Waals surface area (Å²) in [6.07, 6.45) is 2.96. The number of halogens is 2. The maximum Gasteiger partial charge on any atom is 0.144 e. The van der Waals surface area contributed by atoms with Gasteiger partial charge in [0.1, 0.15) is 5.82 Å². The highest BCUT2D eigenvalue weighted by molar-refractivity contribution is 6.30. The highest BCUT2D eigenvalue weighted by Crippen LogP contribution is 2.21. The van der Waals surface area contributed by atoms with Crippen molar-refractivity contribution in [1.29, 1.82) is 0 Å². The highest BCUT2D eigenvalue weighted by Gasteiger charge is 2.10. The molecule has 0 spiro atoms. The number of hydrogen-bond acceptors (Lipinski definition) is 1. The van der Waals surface area contributed by atoms with Gasteiger partial charge in [0.15, 0.2) is 0 Å². The first kappa shape index (κ1) is 14.5. The molecule has 1 aromatic rings. The minimum Gasteiger partial charge on any atom is -0.317 e. The molecule has 0 radical (unpaired) electrons. The Morgan fingerprint density at radius 2 is 2.12 bits per heavy atom. The first-order chi connectivity index (χ1) is 8.15. The maximum absolute atomic E-state index is 13.7. The fourth-order valence-corrected chi connectivity index (χ4v) is 2.03. The van der Waals surface area contributed by atoms with Gasteiger partial charge in [-0.3, -0.25) is 0 Å². The van der Waals surface area contributed by atoms with E-state index >= 15 is 0 Å². The summed E-state index contributed by atoms with van der Waals surface area (Å²) < 4.78 is 13.7. The maximum atomic E-state index is 13.7. The van der Waals surface area contributed by atoms with E-state index in [0.29, 0.717) is 5.92 Å². The molecular formula is C14H21ClFN. The Morgan fingerprint density at radius 3 is 2.82 bits per heavy atom. The topological polar surface area (TPSA) is 12.0 Å². The summed E-state index contributed by atoms with van der Waals surface area (Å²) in [5, 5.41) is 3.58. The predicted octanol–water partition coefficient (Wildman–Crippen LogP) is 4.05. The quantitative estimate of drug-likeness (QED) is 0.727. The van der Waals surface area contributed by atoms with Gasteiger partial charge < -0.3 is 5.32 Å². The molecule has 1 unspecified atom stereocenters. The fourth-order valence-electron chi connectivity index (χ4n) is 1.83. The average Bonchev–Trinajstić information content (AvgIpc) is 2.31. The molecule has 96 valence electrons. The summed E-state index contributed by atoms with van der Waals surface area (Å²) in [4.78, 5) is 0. The Balaban J connectivity index is 2.39. The molecule has 0 amide bonds. The van der Waals surface area contributed by atoms with Crippen molar-refractivity contribution in [3.8, 4) is 0 Å². The molecule has 0 bridgehead atoms. The van der Waals surface area contributed by atoms with Crippen LogP contribution in [0.15, 0.2) is 18.2 Å². The van der Waals surface area contributed by atoms with Crippen LogP contribution in [-0.4, -0.2) is 13.1 Å². The van der Waals surface area contributed by atoms with Crippen LogP contribution < -0.4 is 5.32 Å². The van der Waals surface area contributed by atoms with E-state index in [1.807, 2.05) is 12.1 Å². The normalized spacial score (nSPS) is 12.7. The largest absolute Gasteiger partial charge is 0.317 e. The lowest BCUT2D eigenvalue weighted by molar-refractivity contribution is 0.486. The van der Waals surface area contributed by atoms with E-state index in [4.69, 9.17) is 11.6 Å². The zero-order chi connectivity index (χ0) is 12.7. The second-order valence-corrected chi connectivity index (χ2v) is 4.97. The summed E-state index contributed by atoms with van der Waals surface area (Å²) in [6, 6.07) is 5.22. The van der Waals surface area contributed by atoms with Crippen molar-refractivity contribution in [3.05, 3.63) is 34.6 Å². The van der Waals surface area contributed by atoms with Crippen LogP contribution in [0.25, 0.3) is 0 Å². The first-order valence-corrected chi connectivity index (χ1v) is 6.66. The third kappa shape index (κ3) is 5.05. The molecule has 0 aliphatic rings. The zero-order valence-electron chi connectivity index (χ0n) is 10.6. The molecule has 1 rings (SSSR count). The standard InChI is InChI=1S/C14H21ClFN/c1-3-8-17-9-7-11(2)10-12-5-4-6-13(15)14(12)16/h4-6,11,17H,3,7-10H2,1-2H3. The van der Waals surface area contributed by atoms with Crippen molar-refractivity contribution in [1.82, 2.24) is 5.32 Å². The molecule has 1 aromatic carbocycles. The minimum atomic E-state index is -0.262. The number of hydrogen-bond donors (Lipinski definition) is 1. The summed E-state index contributed by atoms with van der Waals surface area (Å²) >= 11 is 5.76. The van der Waals surface area contributed by atoms with E-state index in [1.54, 1.807) is 6.07 Å². The monoisotopic (exact) mass is 257 g/mol. The first-order valence-electron chi connectivity index (χ1n) is 6.28. The molecule has 17 heavy (non-hydrogen) atoms. The van der Waals surface area contributed by atoms with Crippen LogP contribution in [0.1, 0.15) is 32.3 Å². The molecule has 0 heterocycles. The van der Waals surface area contributed by atoms with E-state index < -0.39 is 0 Å². The number of benzene rings is 1. The molecule has 0 aliphatic heterocycles. The molecule has 0 aromatic heterocycles. The van der Waals surface area contributed by atoms with E-state index in [-0.39, 0.29) is 10.8 Å². The molecule has 1 atom stereocenters. The summed E-state index contributed by atoms with van der Waals surface area (Å²) in [6.45, 7) is 6.35. The van der Waals surface area contributed by atoms with E-state index in [0.717, 1.165) is 37.9 Å². The van der Waals surface area contributed by atoms with Gasteiger partial charge in [-0.2, -0.15) is 0 Å². The molecule has 0 fully saturated rings. The van der Waals surface area contributed by atoms with E-state index in [2.05, 4.69) is 19.2 Å².